The van der Waals surface area contributed by atoms with Crippen LogP contribution in [0, 0.1) is 6.92 Å². The first-order chi connectivity index (χ1) is 16.6. The van der Waals surface area contributed by atoms with E-state index in [0.717, 1.165) is 22.3 Å². The molecule has 5 N–H and O–H groups in total. The van der Waals surface area contributed by atoms with Gasteiger partial charge in [0, 0.05) is 36.1 Å². The molecule has 0 atom stereocenters. The van der Waals surface area contributed by atoms with Crippen molar-refractivity contribution in [3.05, 3.63) is 87.3 Å². The van der Waals surface area contributed by atoms with Crippen LogP contribution in [0.3, 0.4) is 0 Å². The first-order valence-corrected chi connectivity index (χ1v) is 11.5. The quantitative estimate of drug-likeness (QED) is 0.357. The number of aliphatic hydroxyl groups excluding tert-OH is 1. The van der Waals surface area contributed by atoms with E-state index in [2.05, 4.69) is 41.7 Å². The molecule has 1 aromatic heterocycles. The van der Waals surface area contributed by atoms with Crippen molar-refractivity contribution in [3.63, 3.8) is 0 Å². The molecule has 0 radical (unpaired) electrons. The van der Waals surface area contributed by atoms with E-state index < -0.39 is 6.03 Å². The number of carbonyl (C=O) groups excluding carboxylic acids is 2. The zero-order valence-electron chi connectivity index (χ0n) is 20.5. The second-order valence-electron chi connectivity index (χ2n) is 9.34. The van der Waals surface area contributed by atoms with Gasteiger partial charge in [0.2, 0.25) is 0 Å². The normalized spacial score (nSPS) is 11.1. The van der Waals surface area contributed by atoms with Crippen LogP contribution in [0.1, 0.15) is 47.8 Å². The number of carbonyl (C=O) groups is 2. The number of aromatic amines is 1. The number of H-pyrrole nitrogens is 1. The number of urea groups is 1. The van der Waals surface area contributed by atoms with Gasteiger partial charge in [0.25, 0.3) is 11.5 Å². The Balaban J connectivity index is 1.79. The number of aromatic nitrogens is 1. The Bertz CT molecular complexity index is 1260. The Morgan fingerprint density at radius 2 is 1.74 bits per heavy atom. The van der Waals surface area contributed by atoms with Crippen LogP contribution in [0.2, 0.25) is 0 Å². The Kier molecular flexibility index (Phi) is 8.09. The highest BCUT2D eigenvalue weighted by molar-refractivity contribution is 6.05. The van der Waals surface area contributed by atoms with Gasteiger partial charge in [0.15, 0.2) is 0 Å². The maximum Gasteiger partial charge on any atom is 0.315 e. The molecule has 0 saturated carbocycles. The number of hydrogen-bond acceptors (Lipinski definition) is 4. The number of anilines is 1. The lowest BCUT2D eigenvalue weighted by atomic mass is 9.86. The van der Waals surface area contributed by atoms with E-state index in [0.29, 0.717) is 16.8 Å². The van der Waals surface area contributed by atoms with Gasteiger partial charge in [-0.2, -0.15) is 0 Å². The summed E-state index contributed by atoms with van der Waals surface area (Å²) >= 11 is 0. The van der Waals surface area contributed by atoms with E-state index in [4.69, 9.17) is 5.11 Å². The second kappa shape index (κ2) is 11.0. The van der Waals surface area contributed by atoms with Crippen molar-refractivity contribution >= 4 is 17.6 Å². The lowest BCUT2D eigenvalue weighted by molar-refractivity contribution is 0.102. The van der Waals surface area contributed by atoms with Crippen LogP contribution in [0.15, 0.2) is 59.5 Å². The fourth-order valence-corrected chi connectivity index (χ4v) is 3.63. The van der Waals surface area contributed by atoms with Crippen molar-refractivity contribution < 1.29 is 14.7 Å². The van der Waals surface area contributed by atoms with Gasteiger partial charge in [-0.15, -0.1) is 0 Å². The molecule has 0 bridgehead atoms. The molecule has 0 saturated heterocycles. The molecule has 0 unspecified atom stereocenters. The number of hydrogen-bond donors (Lipinski definition) is 5. The van der Waals surface area contributed by atoms with E-state index in [1.165, 1.54) is 0 Å². The van der Waals surface area contributed by atoms with Gasteiger partial charge in [-0.1, -0.05) is 45.0 Å². The number of pyridine rings is 1. The van der Waals surface area contributed by atoms with Crippen molar-refractivity contribution in [2.75, 3.05) is 18.5 Å². The average molecular weight is 477 g/mol. The van der Waals surface area contributed by atoms with Crippen molar-refractivity contribution in [1.29, 1.82) is 0 Å². The van der Waals surface area contributed by atoms with Crippen LogP contribution >= 0.6 is 0 Å². The smallest absolute Gasteiger partial charge is 0.315 e. The summed E-state index contributed by atoms with van der Waals surface area (Å²) in [6.45, 7) is 8.27. The molecular weight excluding hydrogens is 444 g/mol. The molecule has 3 amide bonds. The molecule has 0 fully saturated rings. The standard InChI is InChI=1S/C27H32N4O4/c1-17-22(19-14-20(24(33)29-15-19)16-30-26(35)28-12-13-32)6-5-7-23(17)31-25(34)18-8-10-21(11-9-18)27(2,3)4/h5-11,14-15,32H,12-13,16H2,1-4H3,(H,29,33)(H,31,34)(H2,28,30,35). The summed E-state index contributed by atoms with van der Waals surface area (Å²) in [7, 11) is 0. The molecule has 8 heteroatoms. The van der Waals surface area contributed by atoms with Gasteiger partial charge < -0.3 is 26.0 Å². The highest BCUT2D eigenvalue weighted by atomic mass is 16.3. The fourth-order valence-electron chi connectivity index (χ4n) is 3.63. The van der Waals surface area contributed by atoms with Crippen molar-refractivity contribution in [1.82, 2.24) is 15.6 Å². The predicted molar refractivity (Wildman–Crippen MR) is 138 cm³/mol. The highest BCUT2D eigenvalue weighted by Gasteiger charge is 2.16. The number of nitrogens with one attached hydrogen (secondary N) is 4. The molecule has 0 spiro atoms. The molecule has 3 rings (SSSR count). The molecular formula is C27H32N4O4. The summed E-state index contributed by atoms with van der Waals surface area (Å²) in [5.74, 6) is -0.203. The zero-order chi connectivity index (χ0) is 25.6. The van der Waals surface area contributed by atoms with Gasteiger partial charge >= 0.3 is 6.03 Å². The largest absolute Gasteiger partial charge is 0.395 e. The molecule has 0 aliphatic rings. The first kappa shape index (κ1) is 25.7. The SMILES string of the molecule is Cc1c(NC(=O)c2ccc(C(C)(C)C)cc2)cccc1-c1c[nH]c(=O)c(CNC(=O)NCCO)c1. The summed E-state index contributed by atoms with van der Waals surface area (Å²) in [5.41, 5.74) is 4.91. The summed E-state index contributed by atoms with van der Waals surface area (Å²) in [5, 5.41) is 16.8. The Labute approximate surface area is 204 Å². The van der Waals surface area contributed by atoms with E-state index in [-0.39, 0.29) is 36.6 Å². The van der Waals surface area contributed by atoms with E-state index in [9.17, 15) is 14.4 Å². The van der Waals surface area contributed by atoms with Crippen molar-refractivity contribution in [2.45, 2.75) is 39.7 Å². The Morgan fingerprint density at radius 3 is 2.40 bits per heavy atom. The van der Waals surface area contributed by atoms with Crippen molar-refractivity contribution in [2.24, 2.45) is 0 Å². The summed E-state index contributed by atoms with van der Waals surface area (Å²) in [6, 6.07) is 14.4. The van der Waals surface area contributed by atoms with Crippen molar-refractivity contribution in [3.8, 4) is 11.1 Å². The van der Waals surface area contributed by atoms with Crippen LogP contribution in [-0.4, -0.2) is 35.2 Å². The summed E-state index contributed by atoms with van der Waals surface area (Å²) in [4.78, 5) is 39.6. The first-order valence-electron chi connectivity index (χ1n) is 11.5. The van der Waals surface area contributed by atoms with Crippen LogP contribution in [0.5, 0.6) is 0 Å². The molecule has 1 heterocycles. The third-order valence-electron chi connectivity index (χ3n) is 5.72. The van der Waals surface area contributed by atoms with Crippen LogP contribution in [0.4, 0.5) is 10.5 Å². The monoisotopic (exact) mass is 476 g/mol. The average Bonchev–Trinajstić information content (AvgIpc) is 2.83. The minimum atomic E-state index is -0.472. The molecule has 0 aliphatic carbocycles. The molecule has 184 valence electrons. The Hall–Kier alpha value is -3.91. The van der Waals surface area contributed by atoms with Crippen LogP contribution in [-0.2, 0) is 12.0 Å². The molecule has 3 aromatic rings. The fraction of sp³-hybridized carbons (Fsp3) is 0.296. The number of rotatable bonds is 7. The second-order valence-corrected chi connectivity index (χ2v) is 9.34. The van der Waals surface area contributed by atoms with Gasteiger partial charge in [0.05, 0.1) is 6.61 Å². The molecule has 8 nitrogen and oxygen atoms in total. The Morgan fingerprint density at radius 1 is 1.03 bits per heavy atom. The third kappa shape index (κ3) is 6.58. The molecule has 0 aliphatic heterocycles. The minimum Gasteiger partial charge on any atom is -0.395 e. The lowest BCUT2D eigenvalue weighted by Gasteiger charge is -2.19. The highest BCUT2D eigenvalue weighted by Crippen LogP contribution is 2.29. The maximum atomic E-state index is 12.9. The van der Waals surface area contributed by atoms with Gasteiger partial charge in [-0.3, -0.25) is 9.59 Å². The summed E-state index contributed by atoms with van der Waals surface area (Å²) < 4.78 is 0. The number of benzene rings is 2. The molecule has 35 heavy (non-hydrogen) atoms. The topological polar surface area (TPSA) is 123 Å². The van der Waals surface area contributed by atoms with Gasteiger partial charge in [-0.25, -0.2) is 4.79 Å². The predicted octanol–water partition coefficient (Wildman–Crippen LogP) is 3.69. The van der Waals surface area contributed by atoms with Crippen LogP contribution < -0.4 is 21.5 Å². The van der Waals surface area contributed by atoms with E-state index in [1.807, 2.05) is 49.4 Å². The lowest BCUT2D eigenvalue weighted by Crippen LogP contribution is -2.37. The van der Waals surface area contributed by atoms with E-state index >= 15 is 0 Å². The van der Waals surface area contributed by atoms with E-state index in [1.54, 1.807) is 12.3 Å². The third-order valence-corrected chi connectivity index (χ3v) is 5.72. The van der Waals surface area contributed by atoms with Gasteiger partial charge in [0.1, 0.15) is 0 Å². The zero-order valence-corrected chi connectivity index (χ0v) is 20.5. The summed E-state index contributed by atoms with van der Waals surface area (Å²) in [6.07, 6.45) is 1.61. The number of amides is 3. The maximum absolute atomic E-state index is 12.9. The minimum absolute atomic E-state index is 0.00812. The van der Waals surface area contributed by atoms with Crippen LogP contribution in [0.25, 0.3) is 11.1 Å². The molecule has 2 aromatic carbocycles. The van der Waals surface area contributed by atoms with Gasteiger partial charge in [-0.05, 0) is 58.9 Å². The number of aliphatic hydroxyl groups is 1.